The van der Waals surface area contributed by atoms with E-state index in [1.807, 2.05) is 0 Å². The van der Waals surface area contributed by atoms with Gasteiger partial charge in [-0.15, -0.1) is 0 Å². The molecule has 0 saturated carbocycles. The lowest BCUT2D eigenvalue weighted by Crippen LogP contribution is -1.93. The highest BCUT2D eigenvalue weighted by Gasteiger charge is 2.17. The summed E-state index contributed by atoms with van der Waals surface area (Å²) in [6, 6.07) is 26.8. The smallest absolute Gasteiger partial charge is 0.00175 e. The van der Waals surface area contributed by atoms with E-state index < -0.39 is 0 Å². The molecule has 0 heteroatoms. The van der Waals surface area contributed by atoms with Crippen LogP contribution in [0.4, 0.5) is 0 Å². The third-order valence-electron chi connectivity index (χ3n) is 6.18. The Morgan fingerprint density at radius 1 is 0.393 bits per heavy atom. The van der Waals surface area contributed by atoms with Crippen LogP contribution in [0.3, 0.4) is 0 Å². The van der Waals surface area contributed by atoms with E-state index in [0.717, 1.165) is 0 Å². The topological polar surface area (TPSA) is 0 Å². The summed E-state index contributed by atoms with van der Waals surface area (Å²) >= 11 is 0. The van der Waals surface area contributed by atoms with Crippen LogP contribution in [0, 0.1) is 27.7 Å². The first-order valence-electron chi connectivity index (χ1n) is 9.98. The van der Waals surface area contributed by atoms with Crippen molar-refractivity contribution in [3.63, 3.8) is 0 Å². The Morgan fingerprint density at radius 3 is 1.68 bits per heavy atom. The van der Waals surface area contributed by atoms with Crippen LogP contribution in [0.2, 0.25) is 0 Å². The monoisotopic (exact) mass is 360 g/mol. The van der Waals surface area contributed by atoms with Crippen LogP contribution in [-0.4, -0.2) is 0 Å². The number of fused-ring (bicyclic) bond motifs is 6. The lowest BCUT2D eigenvalue weighted by atomic mass is 9.84. The molecule has 0 nitrogen and oxygen atoms in total. The summed E-state index contributed by atoms with van der Waals surface area (Å²) in [5, 5.41) is 8.23. The van der Waals surface area contributed by atoms with E-state index in [-0.39, 0.29) is 0 Å². The summed E-state index contributed by atoms with van der Waals surface area (Å²) in [5.41, 5.74) is 8.04. The average Bonchev–Trinajstić information content (AvgIpc) is 2.69. The largest absolute Gasteiger partial charge is 0.0620 e. The van der Waals surface area contributed by atoms with Crippen molar-refractivity contribution in [1.82, 2.24) is 0 Å². The zero-order valence-corrected chi connectivity index (χ0v) is 16.9. The Morgan fingerprint density at radius 2 is 0.964 bits per heavy atom. The third-order valence-corrected chi connectivity index (χ3v) is 6.18. The van der Waals surface area contributed by atoms with E-state index in [4.69, 9.17) is 0 Å². The van der Waals surface area contributed by atoms with Gasteiger partial charge in [0.05, 0.1) is 0 Å². The molecule has 5 aromatic rings. The van der Waals surface area contributed by atoms with Crippen molar-refractivity contribution in [3.05, 3.63) is 95.1 Å². The number of rotatable bonds is 1. The van der Waals surface area contributed by atoms with E-state index in [9.17, 15) is 0 Å². The van der Waals surface area contributed by atoms with Gasteiger partial charge in [-0.25, -0.2) is 0 Å². The zero-order valence-electron chi connectivity index (χ0n) is 16.9. The maximum atomic E-state index is 2.32. The molecule has 0 heterocycles. The molecule has 0 fully saturated rings. The fraction of sp³-hybridized carbons (Fsp3) is 0.143. The Balaban J connectivity index is 2.16. The minimum absolute atomic E-state index is 1.32. The summed E-state index contributed by atoms with van der Waals surface area (Å²) in [7, 11) is 0. The first-order valence-corrected chi connectivity index (χ1v) is 9.98. The molecule has 0 amide bonds. The molecule has 0 unspecified atom stereocenters. The minimum atomic E-state index is 1.32. The van der Waals surface area contributed by atoms with Gasteiger partial charge in [0.25, 0.3) is 0 Å². The predicted octanol–water partition coefficient (Wildman–Crippen LogP) is 8.05. The van der Waals surface area contributed by atoms with Crippen LogP contribution in [0.5, 0.6) is 0 Å². The third kappa shape index (κ3) is 2.31. The highest BCUT2D eigenvalue weighted by molar-refractivity contribution is 6.30. The van der Waals surface area contributed by atoms with Crippen LogP contribution in [0.1, 0.15) is 22.3 Å². The van der Waals surface area contributed by atoms with Gasteiger partial charge in [0, 0.05) is 0 Å². The van der Waals surface area contributed by atoms with E-state index in [0.29, 0.717) is 0 Å². The van der Waals surface area contributed by atoms with Crippen LogP contribution in [-0.2, 0) is 0 Å². The molecular weight excluding hydrogens is 336 g/mol. The van der Waals surface area contributed by atoms with Crippen molar-refractivity contribution in [2.45, 2.75) is 27.7 Å². The van der Waals surface area contributed by atoms with Crippen molar-refractivity contribution in [2.75, 3.05) is 0 Å². The fourth-order valence-electron chi connectivity index (χ4n) is 4.84. The van der Waals surface area contributed by atoms with Crippen LogP contribution in [0.15, 0.2) is 72.8 Å². The molecule has 5 rings (SSSR count). The number of hydrogen-bond acceptors (Lipinski definition) is 0. The molecule has 0 aliphatic rings. The molecule has 0 aromatic heterocycles. The maximum Gasteiger partial charge on any atom is -0.00175 e. The predicted molar refractivity (Wildman–Crippen MR) is 123 cm³/mol. The second-order valence-electron chi connectivity index (χ2n) is 7.99. The molecule has 136 valence electrons. The summed E-state index contributed by atoms with van der Waals surface area (Å²) in [6.45, 7) is 8.93. The number of hydrogen-bond donors (Lipinski definition) is 0. The van der Waals surface area contributed by atoms with Gasteiger partial charge in [-0.1, -0.05) is 72.8 Å². The highest BCUT2D eigenvalue weighted by Crippen LogP contribution is 2.43. The molecule has 5 aromatic carbocycles. The molecular formula is C28H24. The Labute approximate surface area is 166 Å². The van der Waals surface area contributed by atoms with E-state index in [2.05, 4.69) is 100 Å². The molecule has 28 heavy (non-hydrogen) atoms. The van der Waals surface area contributed by atoms with Gasteiger partial charge in [0.1, 0.15) is 0 Å². The van der Waals surface area contributed by atoms with Crippen molar-refractivity contribution in [3.8, 4) is 11.1 Å². The van der Waals surface area contributed by atoms with Crippen molar-refractivity contribution < 1.29 is 0 Å². The maximum absolute atomic E-state index is 2.32. The van der Waals surface area contributed by atoms with Gasteiger partial charge < -0.3 is 0 Å². The van der Waals surface area contributed by atoms with Crippen LogP contribution < -0.4 is 0 Å². The number of benzene rings is 5. The van der Waals surface area contributed by atoms with Gasteiger partial charge in [0.2, 0.25) is 0 Å². The molecule has 0 aliphatic heterocycles. The molecule has 0 aliphatic carbocycles. The summed E-state index contributed by atoms with van der Waals surface area (Å²) < 4.78 is 0. The first-order chi connectivity index (χ1) is 13.6. The fourth-order valence-corrected chi connectivity index (χ4v) is 4.84. The normalized spacial score (nSPS) is 11.6. The van der Waals surface area contributed by atoms with Gasteiger partial charge in [-0.2, -0.15) is 0 Å². The lowest BCUT2D eigenvalue weighted by Gasteiger charge is -2.19. The van der Waals surface area contributed by atoms with E-state index >= 15 is 0 Å². The summed E-state index contributed by atoms with van der Waals surface area (Å²) in [6.07, 6.45) is 0. The second kappa shape index (κ2) is 6.21. The molecule has 0 radical (unpaired) electrons. The highest BCUT2D eigenvalue weighted by atomic mass is 14.2. The van der Waals surface area contributed by atoms with Gasteiger partial charge in [0.15, 0.2) is 0 Å². The molecule has 0 bridgehead atoms. The average molecular weight is 361 g/mol. The van der Waals surface area contributed by atoms with Gasteiger partial charge in [-0.3, -0.25) is 0 Å². The van der Waals surface area contributed by atoms with E-state index in [1.165, 1.54) is 65.7 Å². The van der Waals surface area contributed by atoms with Crippen molar-refractivity contribution in [2.24, 2.45) is 0 Å². The van der Waals surface area contributed by atoms with Crippen molar-refractivity contribution >= 4 is 32.3 Å². The number of aryl methyl sites for hydroxylation is 4. The molecule has 0 N–H and O–H groups in total. The van der Waals surface area contributed by atoms with Gasteiger partial charge in [-0.05, 0) is 93.4 Å². The SMILES string of the molecule is Cc1ccccc1-c1c(C)ccc2c3cccc(C)c3c3c(C)cccc3c12. The standard InChI is InChI=1S/C28H24/c1-17-9-5-6-12-21(17)25-20(4)15-16-23-22-13-7-10-18(2)26(22)27-19(3)11-8-14-24(27)28(23)25/h5-16H,1-4H3. The Hall–Kier alpha value is -3.12. The summed E-state index contributed by atoms with van der Waals surface area (Å²) in [5.74, 6) is 0. The Bertz CT molecular complexity index is 1390. The summed E-state index contributed by atoms with van der Waals surface area (Å²) in [4.78, 5) is 0. The molecule has 0 atom stereocenters. The van der Waals surface area contributed by atoms with Crippen molar-refractivity contribution in [1.29, 1.82) is 0 Å². The van der Waals surface area contributed by atoms with E-state index in [1.54, 1.807) is 0 Å². The minimum Gasteiger partial charge on any atom is -0.0620 e. The van der Waals surface area contributed by atoms with Crippen LogP contribution in [0.25, 0.3) is 43.4 Å². The van der Waals surface area contributed by atoms with Gasteiger partial charge >= 0.3 is 0 Å². The van der Waals surface area contributed by atoms with Crippen LogP contribution >= 0.6 is 0 Å². The first kappa shape index (κ1) is 17.0. The molecule has 0 saturated heterocycles. The second-order valence-corrected chi connectivity index (χ2v) is 7.99. The quantitative estimate of drug-likeness (QED) is 0.265. The zero-order chi connectivity index (χ0) is 19.4. The Kier molecular flexibility index (Phi) is 3.77. The lowest BCUT2D eigenvalue weighted by molar-refractivity contribution is 1.43. The molecule has 0 spiro atoms.